The van der Waals surface area contributed by atoms with E-state index in [1.54, 1.807) is 0 Å². The zero-order valence-corrected chi connectivity index (χ0v) is 10.00. The second kappa shape index (κ2) is 2.83. The Hall–Kier alpha value is -0.860. The van der Waals surface area contributed by atoms with Gasteiger partial charge in [-0.1, -0.05) is 29.8 Å². The van der Waals surface area contributed by atoms with Gasteiger partial charge in [0.05, 0.1) is 25.6 Å². The zero-order valence-electron chi connectivity index (χ0n) is 8.43. The van der Waals surface area contributed by atoms with E-state index in [9.17, 15) is 4.21 Å². The predicted octanol–water partition coefficient (Wildman–Crippen LogP) is 3.59. The summed E-state index contributed by atoms with van der Waals surface area (Å²) >= 11 is 6.22. The summed E-state index contributed by atoms with van der Waals surface area (Å²) in [5.41, 5.74) is 2.32. The molecule has 1 atom stereocenters. The van der Waals surface area contributed by atoms with Crippen LogP contribution in [0.2, 0.25) is 5.02 Å². The molecule has 15 heavy (non-hydrogen) atoms. The van der Waals surface area contributed by atoms with Gasteiger partial charge in [0, 0.05) is 5.39 Å². The molecule has 0 N–H and O–H groups in total. The molecule has 0 aromatic heterocycles. The van der Waals surface area contributed by atoms with E-state index in [0.717, 1.165) is 26.1 Å². The number of halogens is 1. The van der Waals surface area contributed by atoms with Gasteiger partial charge in [-0.2, -0.15) is 0 Å². The lowest BCUT2D eigenvalue weighted by Crippen LogP contribution is -1.82. The molecular formula is C12H9ClOS. The zero-order chi connectivity index (χ0) is 10.7. The van der Waals surface area contributed by atoms with Gasteiger partial charge >= 0.3 is 0 Å². The van der Waals surface area contributed by atoms with Crippen molar-refractivity contribution in [2.75, 3.05) is 0 Å². The summed E-state index contributed by atoms with van der Waals surface area (Å²) in [6.45, 7) is 4.08. The van der Waals surface area contributed by atoms with Crippen LogP contribution in [0.1, 0.15) is 11.1 Å². The van der Waals surface area contributed by atoms with Gasteiger partial charge in [0.15, 0.2) is 0 Å². The summed E-state index contributed by atoms with van der Waals surface area (Å²) in [6.07, 6.45) is 0. The molecular weight excluding hydrogens is 228 g/mol. The van der Waals surface area contributed by atoms with Crippen LogP contribution in [0.5, 0.6) is 0 Å². The molecule has 76 valence electrons. The molecule has 1 nitrogen and oxygen atoms in total. The van der Waals surface area contributed by atoms with Gasteiger partial charge in [0.1, 0.15) is 0 Å². The summed E-state index contributed by atoms with van der Waals surface area (Å²) in [7, 11) is -0.942. The summed E-state index contributed by atoms with van der Waals surface area (Å²) in [5.74, 6) is 0. The first-order valence-corrected chi connectivity index (χ1v) is 6.29. The van der Waals surface area contributed by atoms with Crippen LogP contribution in [0, 0.1) is 13.8 Å². The monoisotopic (exact) mass is 236 g/mol. The van der Waals surface area contributed by atoms with Crippen molar-refractivity contribution in [1.29, 1.82) is 0 Å². The molecule has 3 heteroatoms. The summed E-state index contributed by atoms with van der Waals surface area (Å²) < 4.78 is 11.6. The predicted molar refractivity (Wildman–Crippen MR) is 63.1 cm³/mol. The lowest BCUT2D eigenvalue weighted by Gasteiger charge is -2.05. The van der Waals surface area contributed by atoms with Crippen molar-refractivity contribution in [3.63, 3.8) is 0 Å². The molecule has 2 aromatic rings. The maximum atomic E-state index is 11.6. The molecule has 0 spiro atoms. The molecule has 1 aliphatic rings. The average molecular weight is 237 g/mol. The van der Waals surface area contributed by atoms with Gasteiger partial charge < -0.3 is 0 Å². The topological polar surface area (TPSA) is 17.1 Å². The Labute approximate surface area is 95.5 Å². The van der Waals surface area contributed by atoms with E-state index in [4.69, 9.17) is 11.6 Å². The van der Waals surface area contributed by atoms with Gasteiger partial charge in [0.2, 0.25) is 0 Å². The summed E-state index contributed by atoms with van der Waals surface area (Å²) in [6, 6.07) is 6.04. The molecule has 0 fully saturated rings. The van der Waals surface area contributed by atoms with Crippen molar-refractivity contribution in [1.82, 2.24) is 0 Å². The van der Waals surface area contributed by atoms with Gasteiger partial charge in [-0.3, -0.25) is 0 Å². The Bertz CT molecular complexity index is 631. The fourth-order valence-corrected chi connectivity index (χ4v) is 4.01. The van der Waals surface area contributed by atoms with Gasteiger partial charge in [-0.15, -0.1) is 0 Å². The maximum absolute atomic E-state index is 11.6. The Kier molecular flexibility index (Phi) is 1.77. The van der Waals surface area contributed by atoms with Gasteiger partial charge in [-0.25, -0.2) is 4.21 Å². The SMILES string of the molecule is Cc1cccc2c(Cl)c3c(c(C)c12)S3=O. The molecule has 0 amide bonds. The molecule has 0 saturated carbocycles. The third-order valence-corrected chi connectivity index (χ3v) is 4.92. The van der Waals surface area contributed by atoms with Crippen LogP contribution in [0.4, 0.5) is 0 Å². The van der Waals surface area contributed by atoms with Crippen LogP contribution >= 0.6 is 11.6 Å². The van der Waals surface area contributed by atoms with Crippen LogP contribution in [-0.2, 0) is 10.8 Å². The molecule has 0 radical (unpaired) electrons. The van der Waals surface area contributed by atoms with E-state index < -0.39 is 10.8 Å². The normalized spacial score (nSPS) is 17.9. The van der Waals surface area contributed by atoms with Crippen LogP contribution in [0.15, 0.2) is 28.0 Å². The van der Waals surface area contributed by atoms with Crippen molar-refractivity contribution < 1.29 is 4.21 Å². The third kappa shape index (κ3) is 1.06. The molecule has 0 aliphatic carbocycles. The molecule has 0 bridgehead atoms. The van der Waals surface area contributed by atoms with Crippen LogP contribution in [0.25, 0.3) is 10.8 Å². The third-order valence-electron chi connectivity index (χ3n) is 2.96. The van der Waals surface area contributed by atoms with E-state index in [1.807, 2.05) is 19.1 Å². The van der Waals surface area contributed by atoms with Crippen molar-refractivity contribution in [2.24, 2.45) is 0 Å². The molecule has 1 heterocycles. The van der Waals surface area contributed by atoms with Gasteiger partial charge in [0.25, 0.3) is 0 Å². The highest BCUT2D eigenvalue weighted by atomic mass is 35.5. The van der Waals surface area contributed by atoms with Crippen molar-refractivity contribution in [3.8, 4) is 0 Å². The van der Waals surface area contributed by atoms with E-state index in [1.165, 1.54) is 5.56 Å². The maximum Gasteiger partial charge on any atom is 0.0893 e. The first-order chi connectivity index (χ1) is 7.13. The molecule has 0 saturated heterocycles. The van der Waals surface area contributed by atoms with Crippen molar-refractivity contribution in [2.45, 2.75) is 23.6 Å². The second-order valence-electron chi connectivity index (χ2n) is 3.86. The quantitative estimate of drug-likeness (QED) is 0.545. The lowest BCUT2D eigenvalue weighted by atomic mass is 10.0. The average Bonchev–Trinajstić information content (AvgIpc) is 2.87. The van der Waals surface area contributed by atoms with E-state index in [0.29, 0.717) is 5.02 Å². The Morgan fingerprint density at radius 3 is 2.67 bits per heavy atom. The number of hydrogen-bond donors (Lipinski definition) is 0. The minimum absolute atomic E-state index is 0.674. The lowest BCUT2D eigenvalue weighted by molar-refractivity contribution is 0.692. The molecule has 1 aliphatic heterocycles. The Morgan fingerprint density at radius 2 is 1.93 bits per heavy atom. The van der Waals surface area contributed by atoms with E-state index >= 15 is 0 Å². The van der Waals surface area contributed by atoms with E-state index in [-0.39, 0.29) is 0 Å². The smallest absolute Gasteiger partial charge is 0.0893 e. The molecule has 1 unspecified atom stereocenters. The number of fused-ring (bicyclic) bond motifs is 2. The minimum Gasteiger partial charge on any atom is -0.249 e. The van der Waals surface area contributed by atoms with Gasteiger partial charge in [-0.05, 0) is 30.4 Å². The van der Waals surface area contributed by atoms with Crippen LogP contribution in [0.3, 0.4) is 0 Å². The summed E-state index contributed by atoms with van der Waals surface area (Å²) in [4.78, 5) is 1.79. The largest absolute Gasteiger partial charge is 0.249 e. The van der Waals surface area contributed by atoms with Crippen LogP contribution < -0.4 is 0 Å². The Balaban J connectivity index is 2.61. The van der Waals surface area contributed by atoms with Crippen LogP contribution in [-0.4, -0.2) is 4.21 Å². The summed E-state index contributed by atoms with van der Waals surface area (Å²) in [5, 5.41) is 2.86. The standard InChI is InChI=1S/C12H9ClOS/c1-6-4-3-5-8-9(6)7(2)11-12(10(8)13)15(11)14/h3-5H,1-2H3. The molecule has 3 rings (SSSR count). The van der Waals surface area contributed by atoms with Crippen molar-refractivity contribution >= 4 is 33.2 Å². The van der Waals surface area contributed by atoms with E-state index in [2.05, 4.69) is 13.0 Å². The number of benzene rings is 2. The highest BCUT2D eigenvalue weighted by Gasteiger charge is 2.36. The highest BCUT2D eigenvalue weighted by Crippen LogP contribution is 2.49. The number of rotatable bonds is 0. The first-order valence-electron chi connectivity index (χ1n) is 4.76. The molecule has 2 aromatic carbocycles. The van der Waals surface area contributed by atoms with Crippen molar-refractivity contribution in [3.05, 3.63) is 34.3 Å². The fourth-order valence-electron chi connectivity index (χ4n) is 2.21. The number of hydrogen-bond acceptors (Lipinski definition) is 1. The highest BCUT2D eigenvalue weighted by molar-refractivity contribution is 7.91. The number of aryl methyl sites for hydroxylation is 2. The first kappa shape index (κ1) is 9.37. The fraction of sp³-hybridized carbons (Fsp3) is 0.167. The minimum atomic E-state index is -0.942. The second-order valence-corrected chi connectivity index (χ2v) is 5.60. The Morgan fingerprint density at radius 1 is 1.20 bits per heavy atom.